The smallest absolute Gasteiger partial charge is 0.268 e. The molecule has 0 saturated carbocycles. The second-order valence-electron chi connectivity index (χ2n) is 5.37. The van der Waals surface area contributed by atoms with E-state index in [9.17, 15) is 4.79 Å². The number of ether oxygens (including phenoxy) is 1. The molecule has 2 unspecified atom stereocenters. The van der Waals surface area contributed by atoms with Crippen molar-refractivity contribution in [3.63, 3.8) is 0 Å². The van der Waals surface area contributed by atoms with Gasteiger partial charge in [0.25, 0.3) is 5.91 Å². The Morgan fingerprint density at radius 2 is 2.15 bits per heavy atom. The molecule has 20 heavy (non-hydrogen) atoms. The molecule has 110 valence electrons. The van der Waals surface area contributed by atoms with Crippen LogP contribution in [-0.4, -0.2) is 18.6 Å². The highest BCUT2D eigenvalue weighted by Crippen LogP contribution is 2.36. The van der Waals surface area contributed by atoms with Gasteiger partial charge in [0, 0.05) is 12.6 Å². The second-order valence-corrected chi connectivity index (χ2v) is 5.37. The first-order chi connectivity index (χ1) is 9.58. The molecule has 0 saturated heterocycles. The van der Waals surface area contributed by atoms with Gasteiger partial charge >= 0.3 is 0 Å². The van der Waals surface area contributed by atoms with E-state index >= 15 is 0 Å². The highest BCUT2D eigenvalue weighted by Gasteiger charge is 2.33. The van der Waals surface area contributed by atoms with Crippen LogP contribution in [0.5, 0.6) is 5.75 Å². The van der Waals surface area contributed by atoms with Gasteiger partial charge in [-0.25, -0.2) is 0 Å². The largest absolute Gasteiger partial charge is 0.478 e. The molecule has 1 heterocycles. The highest BCUT2D eigenvalue weighted by molar-refractivity contribution is 6.00. The van der Waals surface area contributed by atoms with E-state index in [0.717, 1.165) is 36.4 Å². The van der Waals surface area contributed by atoms with Crippen LogP contribution in [0.2, 0.25) is 0 Å². The van der Waals surface area contributed by atoms with Crippen molar-refractivity contribution in [1.29, 1.82) is 0 Å². The predicted molar refractivity (Wildman–Crippen MR) is 81.0 cm³/mol. The SMILES string of the molecule is CCCCN1C(=O)C(CC)Oc2ccc(C(C)N)cc21. The number of amides is 1. The minimum absolute atomic E-state index is 0.0488. The molecule has 2 rings (SSSR count). The number of carbonyl (C=O) groups is 1. The van der Waals surface area contributed by atoms with Crippen LogP contribution < -0.4 is 15.4 Å². The minimum atomic E-state index is -0.361. The van der Waals surface area contributed by atoms with E-state index < -0.39 is 0 Å². The zero-order valence-corrected chi connectivity index (χ0v) is 12.6. The third-order valence-corrected chi connectivity index (χ3v) is 3.72. The third kappa shape index (κ3) is 2.80. The average Bonchev–Trinajstić information content (AvgIpc) is 2.45. The Bertz CT molecular complexity index is 485. The van der Waals surface area contributed by atoms with Crippen LogP contribution in [0.25, 0.3) is 0 Å². The van der Waals surface area contributed by atoms with E-state index in [-0.39, 0.29) is 18.1 Å². The van der Waals surface area contributed by atoms with Crippen LogP contribution in [-0.2, 0) is 4.79 Å². The lowest BCUT2D eigenvalue weighted by atomic mass is 10.0. The highest BCUT2D eigenvalue weighted by atomic mass is 16.5. The van der Waals surface area contributed by atoms with Gasteiger partial charge in [-0.1, -0.05) is 26.3 Å². The first-order valence-corrected chi connectivity index (χ1v) is 7.46. The van der Waals surface area contributed by atoms with Crippen molar-refractivity contribution >= 4 is 11.6 Å². The van der Waals surface area contributed by atoms with Gasteiger partial charge in [-0.15, -0.1) is 0 Å². The van der Waals surface area contributed by atoms with Crippen molar-refractivity contribution in [3.05, 3.63) is 23.8 Å². The summed E-state index contributed by atoms with van der Waals surface area (Å²) in [6, 6.07) is 5.85. The molecule has 0 spiro atoms. The first-order valence-electron chi connectivity index (χ1n) is 7.46. The van der Waals surface area contributed by atoms with Crippen molar-refractivity contribution in [3.8, 4) is 5.75 Å². The Kier molecular flexibility index (Phi) is 4.65. The van der Waals surface area contributed by atoms with Crippen molar-refractivity contribution in [2.24, 2.45) is 5.73 Å². The van der Waals surface area contributed by atoms with Gasteiger partial charge in [0.1, 0.15) is 5.75 Å². The number of unbranched alkanes of at least 4 members (excludes halogenated alkanes) is 1. The fourth-order valence-electron chi connectivity index (χ4n) is 2.43. The molecular formula is C16H24N2O2. The van der Waals surface area contributed by atoms with Gasteiger partial charge in [0.15, 0.2) is 6.10 Å². The van der Waals surface area contributed by atoms with Gasteiger partial charge in [-0.3, -0.25) is 4.79 Å². The molecule has 0 bridgehead atoms. The third-order valence-electron chi connectivity index (χ3n) is 3.72. The van der Waals surface area contributed by atoms with Crippen LogP contribution in [0.15, 0.2) is 18.2 Å². The molecular weight excluding hydrogens is 252 g/mol. The molecule has 0 fully saturated rings. The summed E-state index contributed by atoms with van der Waals surface area (Å²) < 4.78 is 5.81. The normalized spacial score (nSPS) is 19.5. The Balaban J connectivity index is 2.39. The zero-order valence-electron chi connectivity index (χ0n) is 12.6. The van der Waals surface area contributed by atoms with Crippen LogP contribution in [0.1, 0.15) is 51.6 Å². The number of anilines is 1. The number of nitrogens with zero attached hydrogens (tertiary/aromatic N) is 1. The van der Waals surface area contributed by atoms with Gasteiger partial charge in [-0.2, -0.15) is 0 Å². The topological polar surface area (TPSA) is 55.6 Å². The maximum Gasteiger partial charge on any atom is 0.268 e. The molecule has 2 atom stereocenters. The van der Waals surface area contributed by atoms with E-state index in [1.54, 1.807) is 0 Å². The number of hydrogen-bond donors (Lipinski definition) is 1. The van der Waals surface area contributed by atoms with Crippen molar-refractivity contribution in [1.82, 2.24) is 0 Å². The molecule has 2 N–H and O–H groups in total. The summed E-state index contributed by atoms with van der Waals surface area (Å²) >= 11 is 0. The summed E-state index contributed by atoms with van der Waals surface area (Å²) in [6.07, 6.45) is 2.38. The summed E-state index contributed by atoms with van der Waals surface area (Å²) in [5.41, 5.74) is 7.82. The van der Waals surface area contributed by atoms with Gasteiger partial charge in [0.2, 0.25) is 0 Å². The number of fused-ring (bicyclic) bond motifs is 1. The second kappa shape index (κ2) is 6.27. The van der Waals surface area contributed by atoms with Gasteiger partial charge in [0.05, 0.1) is 5.69 Å². The summed E-state index contributed by atoms with van der Waals surface area (Å²) in [7, 11) is 0. The lowest BCUT2D eigenvalue weighted by Gasteiger charge is -2.34. The van der Waals surface area contributed by atoms with Crippen molar-refractivity contribution < 1.29 is 9.53 Å². The Hall–Kier alpha value is -1.55. The maximum atomic E-state index is 12.5. The molecule has 1 amide bonds. The average molecular weight is 276 g/mol. The van der Waals surface area contributed by atoms with E-state index in [1.165, 1.54) is 0 Å². The lowest BCUT2D eigenvalue weighted by Crippen LogP contribution is -2.46. The summed E-state index contributed by atoms with van der Waals surface area (Å²) in [5, 5.41) is 0. The molecule has 1 aliphatic heterocycles. The molecule has 0 radical (unpaired) electrons. The van der Waals surface area contributed by atoms with Gasteiger partial charge < -0.3 is 15.4 Å². The zero-order chi connectivity index (χ0) is 14.7. The molecule has 0 aromatic heterocycles. The first kappa shape index (κ1) is 14.9. The maximum absolute atomic E-state index is 12.5. The van der Waals surface area contributed by atoms with Crippen molar-refractivity contribution in [2.45, 2.75) is 52.2 Å². The molecule has 1 aliphatic rings. The van der Waals surface area contributed by atoms with Crippen LogP contribution in [0.4, 0.5) is 5.69 Å². The van der Waals surface area contributed by atoms with Gasteiger partial charge in [-0.05, 0) is 37.5 Å². The van der Waals surface area contributed by atoms with E-state index in [4.69, 9.17) is 10.5 Å². The minimum Gasteiger partial charge on any atom is -0.478 e. The monoisotopic (exact) mass is 276 g/mol. The van der Waals surface area contributed by atoms with Crippen LogP contribution in [0.3, 0.4) is 0 Å². The lowest BCUT2D eigenvalue weighted by molar-refractivity contribution is -0.126. The fraction of sp³-hybridized carbons (Fsp3) is 0.562. The Morgan fingerprint density at radius 3 is 2.75 bits per heavy atom. The van der Waals surface area contributed by atoms with E-state index in [2.05, 4.69) is 6.92 Å². The van der Waals surface area contributed by atoms with Crippen molar-refractivity contribution in [2.75, 3.05) is 11.4 Å². The Labute approximate surface area is 120 Å². The summed E-state index contributed by atoms with van der Waals surface area (Å²) in [5.74, 6) is 0.854. The Morgan fingerprint density at radius 1 is 1.40 bits per heavy atom. The summed E-state index contributed by atoms with van der Waals surface area (Å²) in [4.78, 5) is 14.3. The quantitative estimate of drug-likeness (QED) is 0.899. The molecule has 4 nitrogen and oxygen atoms in total. The summed E-state index contributed by atoms with van der Waals surface area (Å²) in [6.45, 7) is 6.78. The number of nitrogens with two attached hydrogens (primary N) is 1. The molecule has 1 aromatic carbocycles. The molecule has 1 aromatic rings. The van der Waals surface area contributed by atoms with Crippen LogP contribution in [0, 0.1) is 0 Å². The van der Waals surface area contributed by atoms with E-state index in [1.807, 2.05) is 36.9 Å². The van der Waals surface area contributed by atoms with E-state index in [0.29, 0.717) is 6.42 Å². The molecule has 4 heteroatoms. The number of carbonyl (C=O) groups excluding carboxylic acids is 1. The fourth-order valence-corrected chi connectivity index (χ4v) is 2.43. The number of rotatable bonds is 5. The number of hydrogen-bond acceptors (Lipinski definition) is 3. The van der Waals surface area contributed by atoms with Crippen LogP contribution >= 0.6 is 0 Å². The standard InChI is InChI=1S/C16H24N2O2/c1-4-6-9-18-13-10-12(11(3)17)7-8-15(13)20-14(5-2)16(18)19/h7-8,10-11,14H,4-6,9,17H2,1-3H3. The number of benzene rings is 1. The predicted octanol–water partition coefficient (Wildman–Crippen LogP) is 3.01. The molecule has 0 aliphatic carbocycles.